The number of nitrogens with zero attached hydrogens (tertiary/aromatic N) is 1. The van der Waals surface area contributed by atoms with Crippen molar-refractivity contribution in [2.45, 2.75) is 25.3 Å². The van der Waals surface area contributed by atoms with Gasteiger partial charge in [0.2, 0.25) is 11.2 Å². The molecular formula is C19H17NO7. The molecule has 1 aromatic carbocycles. The Morgan fingerprint density at radius 3 is 2.26 bits per heavy atom. The quantitative estimate of drug-likeness (QED) is 0.450. The van der Waals surface area contributed by atoms with Crippen LogP contribution in [0, 0.1) is 0 Å². The van der Waals surface area contributed by atoms with Crippen LogP contribution in [0.15, 0.2) is 36.4 Å². The lowest BCUT2D eigenvalue weighted by Crippen LogP contribution is -2.41. The van der Waals surface area contributed by atoms with Crippen molar-refractivity contribution in [3.63, 3.8) is 0 Å². The number of carboxylic acids is 2. The minimum Gasteiger partial charge on any atom is -0.480 e. The summed E-state index contributed by atoms with van der Waals surface area (Å²) in [4.78, 5) is 48.4. The summed E-state index contributed by atoms with van der Waals surface area (Å²) in [6, 6.07) is 8.88. The second-order valence-corrected chi connectivity index (χ2v) is 6.12. The molecule has 1 aliphatic rings. The van der Waals surface area contributed by atoms with Gasteiger partial charge in [0, 0.05) is 17.8 Å². The van der Waals surface area contributed by atoms with Crippen molar-refractivity contribution in [1.29, 1.82) is 0 Å². The number of fused-ring (bicyclic) bond motifs is 1. The number of aliphatic carboxylic acids is 2. The fourth-order valence-electron chi connectivity index (χ4n) is 3.42. The van der Waals surface area contributed by atoms with E-state index in [4.69, 9.17) is 4.74 Å². The molecule has 2 aromatic rings. The van der Waals surface area contributed by atoms with E-state index >= 15 is 0 Å². The van der Waals surface area contributed by atoms with E-state index in [1.807, 2.05) is 0 Å². The van der Waals surface area contributed by atoms with Crippen LogP contribution in [0.1, 0.15) is 45.4 Å². The number of carbonyl (C=O) groups excluding carboxylic acids is 2. The first-order valence-corrected chi connectivity index (χ1v) is 8.32. The molecule has 0 radical (unpaired) electrons. The van der Waals surface area contributed by atoms with Gasteiger partial charge in [-0.25, -0.2) is 4.79 Å². The van der Waals surface area contributed by atoms with Crippen LogP contribution in [0.25, 0.3) is 0 Å². The van der Waals surface area contributed by atoms with Crippen LogP contribution in [-0.4, -0.2) is 45.1 Å². The number of ketones is 1. The number of carboxylic acid groups (broad SMARTS) is 2. The molecule has 3 rings (SSSR count). The molecule has 8 heteroatoms. The Kier molecular flexibility index (Phi) is 4.57. The highest BCUT2D eigenvalue weighted by Crippen LogP contribution is 2.38. The molecular weight excluding hydrogens is 354 g/mol. The molecule has 0 fully saturated rings. The number of carbonyl (C=O) groups is 4. The van der Waals surface area contributed by atoms with E-state index in [1.165, 1.54) is 28.8 Å². The lowest BCUT2D eigenvalue weighted by Gasteiger charge is -2.17. The maximum Gasteiger partial charge on any atom is 0.338 e. The van der Waals surface area contributed by atoms with Gasteiger partial charge in [-0.15, -0.1) is 0 Å². The van der Waals surface area contributed by atoms with E-state index in [9.17, 15) is 29.4 Å². The van der Waals surface area contributed by atoms with E-state index in [1.54, 1.807) is 19.1 Å². The molecule has 0 unspecified atom stereocenters. The van der Waals surface area contributed by atoms with Crippen LogP contribution >= 0.6 is 0 Å². The standard InChI is InChI=1S/C19H17NO7/c1-2-27-16(22)12-6-4-3-5-11(12)15(21)13-7-8-14-19(17(23)24,18(25)26)9-10-20(13)14/h3-8H,2,9-10H2,1H3,(H,23,24)(H,25,26). The van der Waals surface area contributed by atoms with Gasteiger partial charge in [-0.2, -0.15) is 0 Å². The van der Waals surface area contributed by atoms with Crippen LogP contribution < -0.4 is 0 Å². The third-order valence-electron chi connectivity index (χ3n) is 4.76. The van der Waals surface area contributed by atoms with E-state index in [0.29, 0.717) is 0 Å². The monoisotopic (exact) mass is 371 g/mol. The molecule has 0 atom stereocenters. The highest BCUT2D eigenvalue weighted by atomic mass is 16.5. The van der Waals surface area contributed by atoms with E-state index in [0.717, 1.165) is 0 Å². The zero-order chi connectivity index (χ0) is 19.8. The molecule has 2 heterocycles. The highest BCUT2D eigenvalue weighted by molar-refractivity contribution is 6.14. The first-order valence-electron chi connectivity index (χ1n) is 8.32. The first kappa shape index (κ1) is 18.4. The third-order valence-corrected chi connectivity index (χ3v) is 4.76. The molecule has 0 bridgehead atoms. The van der Waals surface area contributed by atoms with Crippen molar-refractivity contribution in [2.24, 2.45) is 0 Å². The number of benzene rings is 1. The maximum atomic E-state index is 13.0. The minimum atomic E-state index is -2.08. The molecule has 1 aromatic heterocycles. The Hall–Kier alpha value is -3.42. The average Bonchev–Trinajstić information content (AvgIpc) is 3.21. The van der Waals surface area contributed by atoms with Crippen LogP contribution in [0.4, 0.5) is 0 Å². The van der Waals surface area contributed by atoms with Gasteiger partial charge >= 0.3 is 17.9 Å². The summed E-state index contributed by atoms with van der Waals surface area (Å²) in [5, 5.41) is 19.0. The van der Waals surface area contributed by atoms with Gasteiger partial charge in [-0.1, -0.05) is 18.2 Å². The topological polar surface area (TPSA) is 123 Å². The fraction of sp³-hybridized carbons (Fsp3) is 0.263. The molecule has 2 N–H and O–H groups in total. The van der Waals surface area contributed by atoms with E-state index < -0.39 is 29.1 Å². The van der Waals surface area contributed by atoms with Gasteiger partial charge < -0.3 is 19.5 Å². The number of hydrogen-bond acceptors (Lipinski definition) is 5. The van der Waals surface area contributed by atoms with Crippen LogP contribution in [0.2, 0.25) is 0 Å². The molecule has 0 aliphatic carbocycles. The molecule has 27 heavy (non-hydrogen) atoms. The normalized spacial score (nSPS) is 14.4. The summed E-state index contributed by atoms with van der Waals surface area (Å²) >= 11 is 0. The molecule has 1 aliphatic heterocycles. The summed E-state index contributed by atoms with van der Waals surface area (Å²) < 4.78 is 6.37. The van der Waals surface area contributed by atoms with Crippen molar-refractivity contribution < 1.29 is 34.1 Å². The van der Waals surface area contributed by atoms with Gasteiger partial charge in [0.05, 0.1) is 17.9 Å². The van der Waals surface area contributed by atoms with Gasteiger partial charge in [0.15, 0.2) is 0 Å². The summed E-state index contributed by atoms with van der Waals surface area (Å²) in [6.45, 7) is 1.88. The minimum absolute atomic E-state index is 0.0412. The molecule has 0 amide bonds. The molecule has 0 spiro atoms. The largest absolute Gasteiger partial charge is 0.480 e. The first-order chi connectivity index (χ1) is 12.8. The van der Waals surface area contributed by atoms with Crippen LogP contribution in [-0.2, 0) is 26.3 Å². The Labute approximate surface area is 154 Å². The average molecular weight is 371 g/mol. The number of esters is 1. The number of hydrogen-bond donors (Lipinski definition) is 2. The summed E-state index contributed by atoms with van der Waals surface area (Å²) in [7, 11) is 0. The highest BCUT2D eigenvalue weighted by Gasteiger charge is 2.54. The molecule has 140 valence electrons. The van der Waals surface area contributed by atoms with Gasteiger partial charge in [-0.3, -0.25) is 14.4 Å². The Morgan fingerprint density at radius 2 is 1.67 bits per heavy atom. The van der Waals surface area contributed by atoms with Crippen LogP contribution in [0.3, 0.4) is 0 Å². The summed E-state index contributed by atoms with van der Waals surface area (Å²) in [6.07, 6.45) is -0.159. The second-order valence-electron chi connectivity index (χ2n) is 6.12. The Morgan fingerprint density at radius 1 is 1.04 bits per heavy atom. The summed E-state index contributed by atoms with van der Waals surface area (Å²) in [5.41, 5.74) is -1.70. The number of ether oxygens (including phenoxy) is 1. The smallest absolute Gasteiger partial charge is 0.338 e. The third kappa shape index (κ3) is 2.69. The number of aromatic nitrogens is 1. The fourth-order valence-corrected chi connectivity index (χ4v) is 3.42. The summed E-state index contributed by atoms with van der Waals surface area (Å²) in [5.74, 6) is -4.09. The van der Waals surface area contributed by atoms with Gasteiger partial charge in [-0.05, 0) is 31.5 Å². The molecule has 0 saturated carbocycles. The van der Waals surface area contributed by atoms with Gasteiger partial charge in [0.1, 0.15) is 0 Å². The van der Waals surface area contributed by atoms with Crippen molar-refractivity contribution in [3.05, 3.63) is 58.9 Å². The Bertz CT molecular complexity index is 943. The lowest BCUT2D eigenvalue weighted by atomic mass is 9.84. The van der Waals surface area contributed by atoms with Crippen molar-refractivity contribution in [2.75, 3.05) is 6.61 Å². The number of rotatable bonds is 6. The molecule has 8 nitrogen and oxygen atoms in total. The predicted octanol–water partition coefficient (Wildman–Crippen LogP) is 1.71. The SMILES string of the molecule is CCOC(=O)c1ccccc1C(=O)c1ccc2n1CCC2(C(=O)O)C(=O)O. The zero-order valence-electron chi connectivity index (χ0n) is 14.5. The zero-order valence-corrected chi connectivity index (χ0v) is 14.5. The second kappa shape index (κ2) is 6.71. The van der Waals surface area contributed by atoms with E-state index in [2.05, 4.69) is 0 Å². The van der Waals surface area contributed by atoms with Crippen molar-refractivity contribution in [3.8, 4) is 0 Å². The van der Waals surface area contributed by atoms with Gasteiger partial charge in [0.25, 0.3) is 0 Å². The lowest BCUT2D eigenvalue weighted by molar-refractivity contribution is -0.157. The van der Waals surface area contributed by atoms with Crippen molar-refractivity contribution in [1.82, 2.24) is 4.57 Å². The predicted molar refractivity (Wildman–Crippen MR) is 91.8 cm³/mol. The maximum absolute atomic E-state index is 13.0. The van der Waals surface area contributed by atoms with Crippen LogP contribution in [0.5, 0.6) is 0 Å². The molecule has 0 saturated heterocycles. The van der Waals surface area contributed by atoms with Crippen molar-refractivity contribution >= 4 is 23.7 Å². The van der Waals surface area contributed by atoms with E-state index in [-0.39, 0.29) is 42.1 Å². The Balaban J connectivity index is 2.07.